The molecule has 7 heteroatoms. The van der Waals surface area contributed by atoms with E-state index in [0.717, 1.165) is 11.1 Å². The van der Waals surface area contributed by atoms with E-state index >= 15 is 0 Å². The van der Waals surface area contributed by atoms with Gasteiger partial charge in [0.15, 0.2) is 17.2 Å². The highest BCUT2D eigenvalue weighted by atomic mass is 35.5. The van der Waals surface area contributed by atoms with Crippen LogP contribution in [0.4, 0.5) is 10.6 Å². The fourth-order valence-electron chi connectivity index (χ4n) is 2.83. The number of rotatable bonds is 3. The van der Waals surface area contributed by atoms with Crippen LogP contribution >= 0.6 is 11.6 Å². The number of hydrogen-bond acceptors (Lipinski definition) is 4. The fourth-order valence-corrected chi connectivity index (χ4v) is 3.21. The van der Waals surface area contributed by atoms with E-state index in [0.29, 0.717) is 17.5 Å². The lowest BCUT2D eigenvalue weighted by molar-refractivity contribution is 0.174. The Morgan fingerprint density at radius 3 is 2.56 bits per heavy atom. The van der Waals surface area contributed by atoms with Crippen LogP contribution in [0.1, 0.15) is 31.9 Å². The van der Waals surface area contributed by atoms with Crippen LogP contribution in [0.2, 0.25) is 5.15 Å². The molecule has 1 N–H and O–H groups in total. The lowest BCUT2D eigenvalue weighted by Crippen LogP contribution is -2.36. The van der Waals surface area contributed by atoms with Gasteiger partial charge in [0.25, 0.3) is 0 Å². The van der Waals surface area contributed by atoms with E-state index in [1.54, 1.807) is 11.0 Å². The Bertz CT molecular complexity index is 776. The maximum atomic E-state index is 12.8. The Hall–Kier alpha value is -2.18. The van der Waals surface area contributed by atoms with Crippen molar-refractivity contribution in [1.29, 1.82) is 0 Å². The highest BCUT2D eigenvalue weighted by molar-refractivity contribution is 6.30. The molecule has 2 amide bonds. The van der Waals surface area contributed by atoms with Gasteiger partial charge in [-0.15, -0.1) is 10.2 Å². The third-order valence-electron chi connectivity index (χ3n) is 4.17. The van der Waals surface area contributed by atoms with Gasteiger partial charge in [0, 0.05) is 12.1 Å². The summed E-state index contributed by atoms with van der Waals surface area (Å²) < 4.78 is 0. The van der Waals surface area contributed by atoms with Crippen LogP contribution < -0.4 is 4.90 Å². The third-order valence-corrected chi connectivity index (χ3v) is 4.44. The summed E-state index contributed by atoms with van der Waals surface area (Å²) >= 11 is 6.15. The molecule has 1 atom stereocenters. The summed E-state index contributed by atoms with van der Waals surface area (Å²) in [7, 11) is 0. The summed E-state index contributed by atoms with van der Waals surface area (Å²) in [5.41, 5.74) is 1.53. The summed E-state index contributed by atoms with van der Waals surface area (Å²) in [4.78, 5) is 15.6. The van der Waals surface area contributed by atoms with Crippen LogP contribution in [0.15, 0.2) is 36.4 Å². The molecule has 0 aliphatic carbocycles. The van der Waals surface area contributed by atoms with E-state index in [-0.39, 0.29) is 18.0 Å². The van der Waals surface area contributed by atoms with Crippen molar-refractivity contribution in [3.05, 3.63) is 52.7 Å². The molecule has 1 aliphatic rings. The molecule has 1 aromatic carbocycles. The van der Waals surface area contributed by atoms with Gasteiger partial charge >= 0.3 is 6.03 Å². The lowest BCUT2D eigenvalue weighted by atomic mass is 9.88. The monoisotopic (exact) mass is 360 g/mol. The second-order valence-electron chi connectivity index (χ2n) is 7.16. The molecule has 2 heterocycles. The lowest BCUT2D eigenvalue weighted by Gasteiger charge is -2.23. The van der Waals surface area contributed by atoms with Crippen molar-refractivity contribution in [3.63, 3.8) is 0 Å². The number of nitrogens with zero attached hydrogens (tertiary/aromatic N) is 4. The number of halogens is 1. The molecule has 3 rings (SSSR count). The van der Waals surface area contributed by atoms with Gasteiger partial charge < -0.3 is 10.0 Å². The largest absolute Gasteiger partial charge is 0.371 e. The van der Waals surface area contributed by atoms with Gasteiger partial charge in [0.2, 0.25) is 0 Å². The van der Waals surface area contributed by atoms with Crippen LogP contribution in [-0.2, 0) is 12.0 Å². The van der Waals surface area contributed by atoms with E-state index in [1.807, 2.05) is 51.1 Å². The molecule has 6 nitrogen and oxygen atoms in total. The molecule has 1 aromatic heterocycles. The van der Waals surface area contributed by atoms with Crippen LogP contribution in [0.25, 0.3) is 0 Å². The number of aromatic nitrogens is 2. The fraction of sp³-hybridized carbons (Fsp3) is 0.389. The molecule has 2 aromatic rings. The molecule has 132 valence electrons. The van der Waals surface area contributed by atoms with E-state index in [2.05, 4.69) is 10.2 Å². The number of amides is 2. The molecule has 0 spiro atoms. The zero-order valence-corrected chi connectivity index (χ0v) is 15.2. The summed E-state index contributed by atoms with van der Waals surface area (Å²) in [5, 5.41) is 18.7. The molecular weight excluding hydrogens is 340 g/mol. The summed E-state index contributed by atoms with van der Waals surface area (Å²) in [6, 6.07) is 11.1. The zero-order chi connectivity index (χ0) is 18.2. The highest BCUT2D eigenvalue weighted by Gasteiger charge is 2.38. The normalized spacial score (nSPS) is 18.1. The molecule has 1 unspecified atom stereocenters. The van der Waals surface area contributed by atoms with Crippen LogP contribution in [0, 0.1) is 0 Å². The maximum Gasteiger partial charge on any atom is 0.328 e. The van der Waals surface area contributed by atoms with Gasteiger partial charge in [0.05, 0.1) is 6.54 Å². The van der Waals surface area contributed by atoms with Crippen molar-refractivity contribution in [2.75, 3.05) is 11.4 Å². The van der Waals surface area contributed by atoms with Crippen LogP contribution in [0.5, 0.6) is 0 Å². The molecule has 0 bridgehead atoms. The van der Waals surface area contributed by atoms with Crippen molar-refractivity contribution < 1.29 is 9.90 Å². The van der Waals surface area contributed by atoms with Gasteiger partial charge in [-0.1, -0.05) is 62.7 Å². The Morgan fingerprint density at radius 1 is 1.24 bits per heavy atom. The Labute approximate surface area is 152 Å². The number of β-amino-alcohol motifs (C(OH)–C–C–N with tert-alkyl or cyclic N) is 1. The van der Waals surface area contributed by atoms with E-state index in [4.69, 9.17) is 11.6 Å². The summed E-state index contributed by atoms with van der Waals surface area (Å²) in [6.45, 7) is 6.65. The minimum absolute atomic E-state index is 0.211. The summed E-state index contributed by atoms with van der Waals surface area (Å²) in [6.07, 6.45) is -0.973. The van der Waals surface area contributed by atoms with Gasteiger partial charge in [-0.3, -0.25) is 0 Å². The standard InChI is InChI=1S/C18H21ClN4O2/c1-18(2,3)13-9-14(20-21-16(13)19)23-15(24)11-22(17(23)25)10-12-7-5-4-6-8-12/h4-9,15,24H,10-11H2,1-3H3. The van der Waals surface area contributed by atoms with Crippen molar-refractivity contribution in [1.82, 2.24) is 15.1 Å². The van der Waals surface area contributed by atoms with Crippen molar-refractivity contribution >= 4 is 23.4 Å². The molecule has 0 radical (unpaired) electrons. The topological polar surface area (TPSA) is 69.6 Å². The number of carbonyl (C=O) groups excluding carboxylic acids is 1. The number of urea groups is 1. The number of hydrogen-bond donors (Lipinski definition) is 1. The molecule has 0 saturated carbocycles. The van der Waals surface area contributed by atoms with Gasteiger partial charge in [-0.25, -0.2) is 9.69 Å². The van der Waals surface area contributed by atoms with Crippen molar-refractivity contribution in [3.8, 4) is 0 Å². The smallest absolute Gasteiger partial charge is 0.328 e. The molecule has 1 saturated heterocycles. The van der Waals surface area contributed by atoms with E-state index < -0.39 is 6.23 Å². The zero-order valence-electron chi connectivity index (χ0n) is 14.5. The molecular formula is C18H21ClN4O2. The Kier molecular flexibility index (Phi) is 4.67. The second kappa shape index (κ2) is 6.61. The first-order valence-electron chi connectivity index (χ1n) is 8.11. The average Bonchev–Trinajstić information content (AvgIpc) is 2.82. The number of benzene rings is 1. The maximum absolute atomic E-state index is 12.8. The van der Waals surface area contributed by atoms with Crippen LogP contribution in [0.3, 0.4) is 0 Å². The number of carbonyl (C=O) groups is 1. The van der Waals surface area contributed by atoms with Crippen molar-refractivity contribution in [2.45, 2.75) is 39.0 Å². The quantitative estimate of drug-likeness (QED) is 0.912. The predicted octanol–water partition coefficient (Wildman–Crippen LogP) is 3.19. The van der Waals surface area contributed by atoms with Gasteiger partial charge in [0.1, 0.15) is 0 Å². The summed E-state index contributed by atoms with van der Waals surface area (Å²) in [5.74, 6) is 0.308. The highest BCUT2D eigenvalue weighted by Crippen LogP contribution is 2.32. The second-order valence-corrected chi connectivity index (χ2v) is 7.51. The number of aliphatic hydroxyl groups is 1. The van der Waals surface area contributed by atoms with E-state index in [1.165, 1.54) is 4.90 Å². The first kappa shape index (κ1) is 17.6. The first-order valence-corrected chi connectivity index (χ1v) is 8.49. The SMILES string of the molecule is CC(C)(C)c1cc(N2C(=O)N(Cc3ccccc3)CC2O)nnc1Cl. The first-order chi connectivity index (χ1) is 11.8. The Morgan fingerprint density at radius 2 is 1.92 bits per heavy atom. The average molecular weight is 361 g/mol. The van der Waals surface area contributed by atoms with Crippen LogP contribution in [-0.4, -0.2) is 39.0 Å². The minimum atomic E-state index is -0.973. The number of anilines is 1. The Balaban J connectivity index is 1.87. The van der Waals surface area contributed by atoms with Gasteiger partial charge in [-0.2, -0.15) is 0 Å². The van der Waals surface area contributed by atoms with Crippen molar-refractivity contribution in [2.24, 2.45) is 0 Å². The predicted molar refractivity (Wildman–Crippen MR) is 96.5 cm³/mol. The molecule has 25 heavy (non-hydrogen) atoms. The van der Waals surface area contributed by atoms with Gasteiger partial charge in [-0.05, 0) is 17.0 Å². The molecule has 1 aliphatic heterocycles. The number of aliphatic hydroxyl groups excluding tert-OH is 1. The minimum Gasteiger partial charge on any atom is -0.371 e. The van der Waals surface area contributed by atoms with E-state index in [9.17, 15) is 9.90 Å². The third kappa shape index (κ3) is 3.60. The molecule has 1 fully saturated rings.